The van der Waals surface area contributed by atoms with Gasteiger partial charge < -0.3 is 15.2 Å². The summed E-state index contributed by atoms with van der Waals surface area (Å²) in [5.41, 5.74) is 2.86. The average molecular weight is 326 g/mol. The first-order chi connectivity index (χ1) is 11.7. The van der Waals surface area contributed by atoms with Gasteiger partial charge in [0.1, 0.15) is 0 Å². The van der Waals surface area contributed by atoms with Gasteiger partial charge in [-0.05, 0) is 24.5 Å². The molecule has 4 nitrogen and oxygen atoms in total. The van der Waals surface area contributed by atoms with Gasteiger partial charge >= 0.3 is 0 Å². The summed E-state index contributed by atoms with van der Waals surface area (Å²) < 4.78 is 5.52. The van der Waals surface area contributed by atoms with E-state index in [0.717, 1.165) is 49.3 Å². The second-order valence-corrected chi connectivity index (χ2v) is 6.36. The van der Waals surface area contributed by atoms with Crippen molar-refractivity contribution in [2.45, 2.75) is 19.4 Å². The fraction of sp³-hybridized carbons (Fsp3) is 0.400. The highest BCUT2D eigenvalue weighted by Gasteiger charge is 2.19. The molecule has 1 aliphatic rings. The van der Waals surface area contributed by atoms with Gasteiger partial charge in [-0.2, -0.15) is 0 Å². The number of aromatic hydroxyl groups is 1. The Kier molecular flexibility index (Phi) is 5.38. The summed E-state index contributed by atoms with van der Waals surface area (Å²) >= 11 is 0. The van der Waals surface area contributed by atoms with Crippen LogP contribution in [0.5, 0.6) is 11.5 Å². The molecule has 1 aliphatic heterocycles. The van der Waals surface area contributed by atoms with Crippen LogP contribution in [0.25, 0.3) is 11.1 Å². The van der Waals surface area contributed by atoms with Gasteiger partial charge in [-0.1, -0.05) is 42.5 Å². The maximum atomic E-state index is 10.7. The topological polar surface area (TPSA) is 44.7 Å². The van der Waals surface area contributed by atoms with Crippen molar-refractivity contribution in [2.75, 3.05) is 33.3 Å². The second kappa shape index (κ2) is 7.69. The summed E-state index contributed by atoms with van der Waals surface area (Å²) in [6, 6.07) is 14.5. The van der Waals surface area contributed by atoms with E-state index in [1.807, 2.05) is 36.4 Å². The standard InChI is InChI=1S/C20H26N2O2/c1-15-14-21-11-13-22(15)12-10-17-8-9-18(19(23)20(17)24-2)16-6-4-3-5-7-16/h3-9,15,21,23H,10-14H2,1-2H3. The van der Waals surface area contributed by atoms with Crippen LogP contribution in [0.15, 0.2) is 42.5 Å². The molecule has 0 saturated carbocycles. The minimum atomic E-state index is 0.231. The molecule has 2 N–H and O–H groups in total. The fourth-order valence-electron chi connectivity index (χ4n) is 3.37. The van der Waals surface area contributed by atoms with Crippen LogP contribution in [-0.4, -0.2) is 49.3 Å². The van der Waals surface area contributed by atoms with Gasteiger partial charge in [0.05, 0.1) is 7.11 Å². The first kappa shape index (κ1) is 16.8. The molecule has 1 atom stereocenters. The lowest BCUT2D eigenvalue weighted by molar-refractivity contribution is 0.175. The zero-order valence-corrected chi connectivity index (χ0v) is 14.5. The Hall–Kier alpha value is -2.04. The van der Waals surface area contributed by atoms with Crippen LogP contribution in [0.3, 0.4) is 0 Å². The minimum absolute atomic E-state index is 0.231. The third-order valence-electron chi connectivity index (χ3n) is 4.81. The molecule has 1 unspecified atom stereocenters. The number of ether oxygens (including phenoxy) is 1. The quantitative estimate of drug-likeness (QED) is 0.887. The van der Waals surface area contributed by atoms with Gasteiger partial charge in [0.2, 0.25) is 0 Å². The van der Waals surface area contributed by atoms with Crippen LogP contribution >= 0.6 is 0 Å². The van der Waals surface area contributed by atoms with Crippen LogP contribution in [0.4, 0.5) is 0 Å². The van der Waals surface area contributed by atoms with Crippen molar-refractivity contribution in [1.82, 2.24) is 10.2 Å². The summed E-state index contributed by atoms with van der Waals surface area (Å²) in [4.78, 5) is 2.48. The third-order valence-corrected chi connectivity index (χ3v) is 4.81. The van der Waals surface area contributed by atoms with Crippen molar-refractivity contribution in [2.24, 2.45) is 0 Å². The predicted octanol–water partition coefficient (Wildman–Crippen LogP) is 2.90. The number of phenols is 1. The van der Waals surface area contributed by atoms with Crippen LogP contribution in [0.1, 0.15) is 12.5 Å². The maximum Gasteiger partial charge on any atom is 0.165 e. The Labute approximate surface area is 144 Å². The van der Waals surface area contributed by atoms with Crippen LogP contribution in [0, 0.1) is 0 Å². The molecule has 2 aromatic carbocycles. The van der Waals surface area contributed by atoms with E-state index in [9.17, 15) is 5.11 Å². The van der Waals surface area contributed by atoms with Crippen LogP contribution < -0.4 is 10.1 Å². The number of rotatable bonds is 5. The normalized spacial score (nSPS) is 18.5. The van der Waals surface area contributed by atoms with E-state index < -0.39 is 0 Å². The Bertz CT molecular complexity index is 673. The molecule has 1 heterocycles. The molecule has 0 spiro atoms. The lowest BCUT2D eigenvalue weighted by atomic mass is 10.00. The maximum absolute atomic E-state index is 10.7. The monoisotopic (exact) mass is 326 g/mol. The molecule has 0 amide bonds. The number of nitrogens with zero attached hydrogens (tertiary/aromatic N) is 1. The lowest BCUT2D eigenvalue weighted by Crippen LogP contribution is -2.50. The van der Waals surface area contributed by atoms with Crippen molar-refractivity contribution in [3.63, 3.8) is 0 Å². The Morgan fingerprint density at radius 1 is 1.21 bits per heavy atom. The first-order valence-corrected chi connectivity index (χ1v) is 8.59. The van der Waals surface area contributed by atoms with Gasteiger partial charge in [-0.3, -0.25) is 4.90 Å². The molecule has 0 bridgehead atoms. The van der Waals surface area contributed by atoms with Gasteiger partial charge in [-0.25, -0.2) is 0 Å². The van der Waals surface area contributed by atoms with E-state index in [2.05, 4.69) is 23.2 Å². The van der Waals surface area contributed by atoms with Crippen molar-refractivity contribution in [1.29, 1.82) is 0 Å². The number of hydrogen-bond acceptors (Lipinski definition) is 4. The molecule has 4 heteroatoms. The molecule has 0 aliphatic carbocycles. The molecule has 2 aromatic rings. The molecular weight excluding hydrogens is 300 g/mol. The second-order valence-electron chi connectivity index (χ2n) is 6.36. The SMILES string of the molecule is COc1c(CCN2CCNCC2C)ccc(-c2ccccc2)c1O. The Morgan fingerprint density at radius 3 is 2.71 bits per heavy atom. The lowest BCUT2D eigenvalue weighted by Gasteiger charge is -2.34. The first-order valence-electron chi connectivity index (χ1n) is 8.59. The molecule has 0 aromatic heterocycles. The molecule has 1 fully saturated rings. The van der Waals surface area contributed by atoms with Gasteiger partial charge in [0, 0.05) is 37.8 Å². The van der Waals surface area contributed by atoms with Crippen LogP contribution in [0.2, 0.25) is 0 Å². The van der Waals surface area contributed by atoms with Crippen LogP contribution in [-0.2, 0) is 6.42 Å². The Morgan fingerprint density at radius 2 is 2.00 bits per heavy atom. The van der Waals surface area contributed by atoms with E-state index in [4.69, 9.17) is 4.74 Å². The number of benzene rings is 2. The van der Waals surface area contributed by atoms with Crippen molar-refractivity contribution >= 4 is 0 Å². The largest absolute Gasteiger partial charge is 0.504 e. The summed E-state index contributed by atoms with van der Waals surface area (Å²) in [5.74, 6) is 0.827. The molecule has 0 radical (unpaired) electrons. The zero-order chi connectivity index (χ0) is 16.9. The highest BCUT2D eigenvalue weighted by Crippen LogP contribution is 2.39. The van der Waals surface area contributed by atoms with E-state index in [-0.39, 0.29) is 5.75 Å². The Balaban J connectivity index is 1.80. The summed E-state index contributed by atoms with van der Waals surface area (Å²) in [6.07, 6.45) is 0.871. The van der Waals surface area contributed by atoms with Gasteiger partial charge in [-0.15, -0.1) is 0 Å². The smallest absolute Gasteiger partial charge is 0.165 e. The number of methoxy groups -OCH3 is 1. The molecule has 1 saturated heterocycles. The van der Waals surface area contributed by atoms with E-state index in [1.165, 1.54) is 0 Å². The van der Waals surface area contributed by atoms with Crippen molar-refractivity contribution in [3.8, 4) is 22.6 Å². The summed E-state index contributed by atoms with van der Waals surface area (Å²) in [6.45, 7) is 6.37. The number of piperazine rings is 1. The van der Waals surface area contributed by atoms with Gasteiger partial charge in [0.15, 0.2) is 11.5 Å². The van der Waals surface area contributed by atoms with Crippen molar-refractivity contribution in [3.05, 3.63) is 48.0 Å². The zero-order valence-electron chi connectivity index (χ0n) is 14.5. The number of hydrogen-bond donors (Lipinski definition) is 2. The predicted molar refractivity (Wildman–Crippen MR) is 97.7 cm³/mol. The molecule has 24 heavy (non-hydrogen) atoms. The highest BCUT2D eigenvalue weighted by molar-refractivity contribution is 5.74. The van der Waals surface area contributed by atoms with E-state index in [0.29, 0.717) is 11.8 Å². The molecule has 128 valence electrons. The molecule has 3 rings (SSSR count). The number of nitrogens with one attached hydrogen (secondary N) is 1. The van der Waals surface area contributed by atoms with E-state index in [1.54, 1.807) is 7.11 Å². The highest BCUT2D eigenvalue weighted by atomic mass is 16.5. The molecular formula is C20H26N2O2. The van der Waals surface area contributed by atoms with Gasteiger partial charge in [0.25, 0.3) is 0 Å². The average Bonchev–Trinajstić information content (AvgIpc) is 2.62. The fourth-order valence-corrected chi connectivity index (χ4v) is 3.37. The summed E-state index contributed by atoms with van der Waals surface area (Å²) in [7, 11) is 1.63. The minimum Gasteiger partial charge on any atom is -0.504 e. The summed E-state index contributed by atoms with van der Waals surface area (Å²) in [5, 5.41) is 14.1. The number of phenolic OH excluding ortho intramolecular Hbond substituents is 1. The van der Waals surface area contributed by atoms with E-state index >= 15 is 0 Å². The third kappa shape index (κ3) is 3.55. The van der Waals surface area contributed by atoms with Crippen molar-refractivity contribution < 1.29 is 9.84 Å².